The molecule has 0 saturated heterocycles. The zero-order valence-corrected chi connectivity index (χ0v) is 21.7. The van der Waals surface area contributed by atoms with Crippen molar-refractivity contribution in [3.63, 3.8) is 0 Å². The number of rotatable bonds is 5. The van der Waals surface area contributed by atoms with Crippen LogP contribution in [0.15, 0.2) is 84.9 Å². The van der Waals surface area contributed by atoms with E-state index in [2.05, 4.69) is 16.0 Å². The SMILES string of the molecule is CC(C)(C)NC(=O)CN1C(=O)C(NC(=O)Nc2cccc(Cl)c2)C=C(c2ccccc2)c2ccccc21. The van der Waals surface area contributed by atoms with Gasteiger partial charge >= 0.3 is 6.03 Å². The number of fused-ring (bicyclic) bond motifs is 1. The monoisotopic (exact) mass is 516 g/mol. The van der Waals surface area contributed by atoms with E-state index in [4.69, 9.17) is 11.6 Å². The molecule has 0 spiro atoms. The van der Waals surface area contributed by atoms with Crippen LogP contribution in [0.1, 0.15) is 31.9 Å². The van der Waals surface area contributed by atoms with Crippen molar-refractivity contribution in [2.75, 3.05) is 16.8 Å². The van der Waals surface area contributed by atoms with Gasteiger partial charge in [-0.3, -0.25) is 9.59 Å². The number of nitrogens with zero attached hydrogens (tertiary/aromatic N) is 1. The minimum Gasteiger partial charge on any atom is -0.350 e. The van der Waals surface area contributed by atoms with E-state index >= 15 is 0 Å². The Kier molecular flexibility index (Phi) is 7.64. The van der Waals surface area contributed by atoms with E-state index in [0.717, 1.165) is 16.7 Å². The second-order valence-corrected chi connectivity index (χ2v) is 10.2. The van der Waals surface area contributed by atoms with Crippen LogP contribution in [0.5, 0.6) is 0 Å². The summed E-state index contributed by atoms with van der Waals surface area (Å²) in [5, 5.41) is 8.88. The lowest BCUT2D eigenvalue weighted by Gasteiger charge is -2.28. The molecule has 1 atom stereocenters. The number of nitrogens with one attached hydrogen (secondary N) is 3. The first-order valence-corrected chi connectivity index (χ1v) is 12.3. The molecule has 1 heterocycles. The van der Waals surface area contributed by atoms with Crippen molar-refractivity contribution in [1.82, 2.24) is 10.6 Å². The molecule has 1 unspecified atom stereocenters. The second-order valence-electron chi connectivity index (χ2n) is 9.77. The van der Waals surface area contributed by atoms with E-state index in [1.54, 1.807) is 30.3 Å². The van der Waals surface area contributed by atoms with Crippen LogP contribution in [-0.2, 0) is 9.59 Å². The molecule has 3 aromatic rings. The van der Waals surface area contributed by atoms with Crippen LogP contribution in [0, 0.1) is 0 Å². The zero-order valence-electron chi connectivity index (χ0n) is 20.9. The molecule has 4 amide bonds. The summed E-state index contributed by atoms with van der Waals surface area (Å²) in [4.78, 5) is 41.1. The molecule has 0 aliphatic carbocycles. The van der Waals surface area contributed by atoms with E-state index in [1.807, 2.05) is 75.4 Å². The van der Waals surface area contributed by atoms with Gasteiger partial charge in [0, 0.05) is 21.8 Å². The van der Waals surface area contributed by atoms with Crippen LogP contribution in [0.25, 0.3) is 5.57 Å². The van der Waals surface area contributed by atoms with Gasteiger partial charge in [-0.05, 0) is 62.2 Å². The fourth-order valence-electron chi connectivity index (χ4n) is 4.16. The van der Waals surface area contributed by atoms with Crippen molar-refractivity contribution in [3.05, 3.63) is 101 Å². The maximum atomic E-state index is 13.9. The molecular formula is C29H29ClN4O3. The summed E-state index contributed by atoms with van der Waals surface area (Å²) in [7, 11) is 0. The number of carbonyl (C=O) groups is 3. The standard InChI is InChI=1S/C29H29ClN4O3/c1-29(2,3)33-26(35)18-34-25-15-8-7-14-22(25)23(19-10-5-4-6-11-19)17-24(27(34)36)32-28(37)31-21-13-9-12-20(30)16-21/h4-17,24H,18H2,1-3H3,(H,33,35)(H2,31,32,37). The summed E-state index contributed by atoms with van der Waals surface area (Å²) < 4.78 is 0. The maximum Gasteiger partial charge on any atom is 0.320 e. The van der Waals surface area contributed by atoms with E-state index < -0.39 is 23.5 Å². The van der Waals surface area contributed by atoms with E-state index in [0.29, 0.717) is 16.4 Å². The Balaban J connectivity index is 1.73. The molecule has 1 aliphatic rings. The maximum absolute atomic E-state index is 13.9. The highest BCUT2D eigenvalue weighted by molar-refractivity contribution is 6.30. The molecule has 4 rings (SSSR count). The fraction of sp³-hybridized carbons (Fsp3) is 0.207. The highest BCUT2D eigenvalue weighted by atomic mass is 35.5. The van der Waals surface area contributed by atoms with Gasteiger partial charge in [0.2, 0.25) is 5.91 Å². The third-order valence-electron chi connectivity index (χ3n) is 5.62. The normalized spacial score (nSPS) is 15.2. The van der Waals surface area contributed by atoms with Gasteiger partial charge in [0.05, 0.1) is 5.69 Å². The molecule has 7 nitrogen and oxygen atoms in total. The molecule has 3 aromatic carbocycles. The first-order chi connectivity index (χ1) is 17.6. The van der Waals surface area contributed by atoms with Gasteiger partial charge in [0.1, 0.15) is 12.6 Å². The Morgan fingerprint density at radius 3 is 2.35 bits per heavy atom. The van der Waals surface area contributed by atoms with Crippen LogP contribution in [0.3, 0.4) is 0 Å². The number of urea groups is 1. The third-order valence-corrected chi connectivity index (χ3v) is 5.86. The predicted octanol–water partition coefficient (Wildman–Crippen LogP) is 5.22. The van der Waals surface area contributed by atoms with Crippen molar-refractivity contribution in [3.8, 4) is 0 Å². The van der Waals surface area contributed by atoms with Crippen molar-refractivity contribution < 1.29 is 14.4 Å². The molecule has 0 saturated carbocycles. The lowest BCUT2D eigenvalue weighted by Crippen LogP contribution is -2.52. The van der Waals surface area contributed by atoms with Gasteiger partial charge in [0.25, 0.3) is 5.91 Å². The number of amides is 4. The van der Waals surface area contributed by atoms with E-state index in [-0.39, 0.29) is 12.5 Å². The first-order valence-electron chi connectivity index (χ1n) is 11.9. The summed E-state index contributed by atoms with van der Waals surface area (Å²) in [5.74, 6) is -0.732. The van der Waals surface area contributed by atoms with Crippen molar-refractivity contribution in [2.45, 2.75) is 32.4 Å². The van der Waals surface area contributed by atoms with Crippen molar-refractivity contribution in [2.24, 2.45) is 0 Å². The fourth-order valence-corrected chi connectivity index (χ4v) is 4.35. The molecule has 0 radical (unpaired) electrons. The van der Waals surface area contributed by atoms with Gasteiger partial charge in [-0.25, -0.2) is 4.79 Å². The smallest absolute Gasteiger partial charge is 0.320 e. The largest absolute Gasteiger partial charge is 0.350 e. The third kappa shape index (κ3) is 6.57. The Morgan fingerprint density at radius 2 is 1.65 bits per heavy atom. The highest BCUT2D eigenvalue weighted by Crippen LogP contribution is 2.35. The highest BCUT2D eigenvalue weighted by Gasteiger charge is 2.33. The van der Waals surface area contributed by atoms with Crippen LogP contribution in [0.2, 0.25) is 5.02 Å². The number of para-hydroxylation sites is 1. The number of hydrogen-bond donors (Lipinski definition) is 3. The molecule has 3 N–H and O–H groups in total. The lowest BCUT2D eigenvalue weighted by molar-refractivity contribution is -0.125. The van der Waals surface area contributed by atoms with Gasteiger partial charge in [-0.15, -0.1) is 0 Å². The number of carbonyl (C=O) groups excluding carboxylic acids is 3. The molecule has 190 valence electrons. The minimum atomic E-state index is -1.04. The van der Waals surface area contributed by atoms with Crippen LogP contribution < -0.4 is 20.9 Å². The van der Waals surface area contributed by atoms with Gasteiger partial charge < -0.3 is 20.9 Å². The topological polar surface area (TPSA) is 90.5 Å². The first kappa shape index (κ1) is 26.0. The molecule has 0 aromatic heterocycles. The molecule has 37 heavy (non-hydrogen) atoms. The van der Waals surface area contributed by atoms with Crippen LogP contribution in [0.4, 0.5) is 16.2 Å². The number of hydrogen-bond acceptors (Lipinski definition) is 3. The van der Waals surface area contributed by atoms with E-state index in [1.165, 1.54) is 4.90 Å². The Labute approximate surface area is 221 Å². The number of halogens is 1. The predicted molar refractivity (Wildman–Crippen MR) is 148 cm³/mol. The zero-order chi connectivity index (χ0) is 26.6. The summed E-state index contributed by atoms with van der Waals surface area (Å²) in [5.41, 5.74) is 3.05. The molecule has 8 heteroatoms. The van der Waals surface area contributed by atoms with Crippen LogP contribution in [-0.4, -0.2) is 36.0 Å². The minimum absolute atomic E-state index is 0.197. The Morgan fingerprint density at radius 1 is 0.946 bits per heavy atom. The average molecular weight is 517 g/mol. The van der Waals surface area contributed by atoms with Gasteiger partial charge in [-0.1, -0.05) is 66.2 Å². The second kappa shape index (κ2) is 10.9. The summed E-state index contributed by atoms with van der Waals surface area (Å²) in [6.07, 6.45) is 1.73. The number of anilines is 2. The summed E-state index contributed by atoms with van der Waals surface area (Å²) in [6, 6.07) is 22.2. The summed E-state index contributed by atoms with van der Waals surface area (Å²) in [6.45, 7) is 5.44. The van der Waals surface area contributed by atoms with Crippen molar-refractivity contribution >= 4 is 46.4 Å². The number of benzene rings is 3. The van der Waals surface area contributed by atoms with E-state index in [9.17, 15) is 14.4 Å². The molecule has 0 fully saturated rings. The Hall–Kier alpha value is -4.10. The lowest BCUT2D eigenvalue weighted by atomic mass is 9.95. The quantitative estimate of drug-likeness (QED) is 0.434. The van der Waals surface area contributed by atoms with Crippen LogP contribution >= 0.6 is 11.6 Å². The Bertz CT molecular complexity index is 1350. The van der Waals surface area contributed by atoms with Gasteiger partial charge in [0.15, 0.2) is 0 Å². The molecular weight excluding hydrogens is 488 g/mol. The van der Waals surface area contributed by atoms with Gasteiger partial charge in [-0.2, -0.15) is 0 Å². The average Bonchev–Trinajstić information content (AvgIpc) is 2.94. The molecule has 1 aliphatic heterocycles. The molecule has 0 bridgehead atoms. The van der Waals surface area contributed by atoms with Crippen molar-refractivity contribution in [1.29, 1.82) is 0 Å². The summed E-state index contributed by atoms with van der Waals surface area (Å²) >= 11 is 6.04.